The van der Waals surface area contributed by atoms with Gasteiger partial charge in [-0.3, -0.25) is 0 Å². The van der Waals surface area contributed by atoms with Crippen LogP contribution >= 0.6 is 11.3 Å². The number of aryl methyl sites for hydroxylation is 2. The molecule has 2 rings (SSSR count). The molecule has 0 amide bonds. The Labute approximate surface area is 111 Å². The Morgan fingerprint density at radius 1 is 1.39 bits per heavy atom. The third kappa shape index (κ3) is 2.88. The predicted molar refractivity (Wildman–Crippen MR) is 74.5 cm³/mol. The number of aromatic nitrogens is 1. The van der Waals surface area contributed by atoms with Crippen molar-refractivity contribution in [1.29, 1.82) is 0 Å². The number of benzene rings is 1. The van der Waals surface area contributed by atoms with Crippen LogP contribution in [-0.2, 0) is 12.8 Å². The first-order chi connectivity index (χ1) is 8.60. The highest BCUT2D eigenvalue weighted by atomic mass is 32.1. The van der Waals surface area contributed by atoms with Crippen molar-refractivity contribution in [2.45, 2.75) is 33.1 Å². The number of hydrogen-bond acceptors (Lipinski definition) is 3. The van der Waals surface area contributed by atoms with Crippen LogP contribution in [0.3, 0.4) is 0 Å². The smallest absolute Gasteiger partial charge is 0.180 e. The quantitative estimate of drug-likeness (QED) is 0.914. The van der Waals surface area contributed by atoms with E-state index in [4.69, 9.17) is 5.73 Å². The van der Waals surface area contributed by atoms with E-state index in [2.05, 4.69) is 11.9 Å². The third-order valence-electron chi connectivity index (χ3n) is 2.87. The van der Waals surface area contributed by atoms with Crippen LogP contribution in [0, 0.1) is 12.7 Å². The van der Waals surface area contributed by atoms with Gasteiger partial charge < -0.3 is 5.73 Å². The second-order valence-electron chi connectivity index (χ2n) is 4.43. The Hall–Kier alpha value is -1.42. The number of hydrogen-bond donors (Lipinski definition) is 1. The number of halogens is 1. The molecule has 18 heavy (non-hydrogen) atoms. The number of nitrogens with two attached hydrogens (primary N) is 1. The van der Waals surface area contributed by atoms with Crippen molar-refractivity contribution in [1.82, 2.24) is 4.98 Å². The lowest BCUT2D eigenvalue weighted by atomic mass is 10.1. The molecule has 1 aromatic heterocycles. The Morgan fingerprint density at radius 3 is 2.83 bits per heavy atom. The molecule has 0 spiro atoms. The molecular formula is C14H17FN2S. The molecule has 2 N–H and O–H groups in total. The van der Waals surface area contributed by atoms with E-state index >= 15 is 0 Å². The number of rotatable bonds is 4. The van der Waals surface area contributed by atoms with Crippen LogP contribution in [-0.4, -0.2) is 4.98 Å². The van der Waals surface area contributed by atoms with Gasteiger partial charge in [0.25, 0.3) is 0 Å². The zero-order chi connectivity index (χ0) is 13.1. The molecule has 0 radical (unpaired) electrons. The number of anilines is 1. The lowest BCUT2D eigenvalue weighted by Gasteiger charge is -2.03. The molecule has 4 heteroatoms. The number of nitrogen functional groups attached to an aromatic ring is 1. The van der Waals surface area contributed by atoms with E-state index in [0.29, 0.717) is 10.7 Å². The topological polar surface area (TPSA) is 38.9 Å². The zero-order valence-electron chi connectivity index (χ0n) is 10.7. The van der Waals surface area contributed by atoms with Crippen molar-refractivity contribution in [3.05, 3.63) is 45.7 Å². The van der Waals surface area contributed by atoms with Gasteiger partial charge in [-0.25, -0.2) is 9.37 Å². The number of thiazole rings is 1. The fourth-order valence-electron chi connectivity index (χ4n) is 1.98. The van der Waals surface area contributed by atoms with Gasteiger partial charge in [0.1, 0.15) is 5.82 Å². The first kappa shape index (κ1) is 13.0. The van der Waals surface area contributed by atoms with Crippen molar-refractivity contribution in [3.8, 4) is 0 Å². The lowest BCUT2D eigenvalue weighted by molar-refractivity contribution is 0.618. The summed E-state index contributed by atoms with van der Waals surface area (Å²) in [5.41, 5.74) is 8.64. The van der Waals surface area contributed by atoms with Crippen molar-refractivity contribution < 1.29 is 4.39 Å². The number of nitrogens with zero attached hydrogens (tertiary/aromatic N) is 1. The van der Waals surface area contributed by atoms with E-state index in [0.717, 1.165) is 30.5 Å². The predicted octanol–water partition coefficient (Wildman–Crippen LogP) is 3.72. The van der Waals surface area contributed by atoms with E-state index in [1.807, 2.05) is 12.1 Å². The van der Waals surface area contributed by atoms with Crippen LogP contribution in [0.5, 0.6) is 0 Å². The minimum Gasteiger partial charge on any atom is -0.375 e. The van der Waals surface area contributed by atoms with Crippen LogP contribution in [0.25, 0.3) is 0 Å². The molecule has 0 saturated carbocycles. The normalized spacial score (nSPS) is 10.8. The second-order valence-corrected chi connectivity index (χ2v) is 5.55. The van der Waals surface area contributed by atoms with Gasteiger partial charge in [-0.1, -0.05) is 25.5 Å². The van der Waals surface area contributed by atoms with E-state index in [9.17, 15) is 4.39 Å². The van der Waals surface area contributed by atoms with Crippen molar-refractivity contribution >= 4 is 16.5 Å². The largest absolute Gasteiger partial charge is 0.375 e. The molecule has 1 aromatic carbocycles. The van der Waals surface area contributed by atoms with Gasteiger partial charge in [0.15, 0.2) is 5.13 Å². The Balaban J connectivity index is 2.24. The minimum atomic E-state index is -0.156. The average Bonchev–Trinajstić information content (AvgIpc) is 2.65. The molecule has 0 aliphatic heterocycles. The molecule has 0 atom stereocenters. The highest BCUT2D eigenvalue weighted by Crippen LogP contribution is 2.25. The molecule has 0 saturated heterocycles. The molecule has 1 heterocycles. The fraction of sp³-hybridized carbons (Fsp3) is 0.357. The SMILES string of the molecule is CCCc1nc(N)sc1Cc1ccc(F)c(C)c1. The van der Waals surface area contributed by atoms with E-state index < -0.39 is 0 Å². The fourth-order valence-corrected chi connectivity index (χ4v) is 2.89. The molecule has 0 unspecified atom stereocenters. The highest BCUT2D eigenvalue weighted by Gasteiger charge is 2.10. The lowest BCUT2D eigenvalue weighted by Crippen LogP contribution is -1.94. The Kier molecular flexibility index (Phi) is 3.97. The first-order valence-electron chi connectivity index (χ1n) is 6.09. The van der Waals surface area contributed by atoms with Crippen LogP contribution in [0.4, 0.5) is 9.52 Å². The average molecular weight is 264 g/mol. The van der Waals surface area contributed by atoms with Gasteiger partial charge in [-0.15, -0.1) is 11.3 Å². The summed E-state index contributed by atoms with van der Waals surface area (Å²) in [6, 6.07) is 5.24. The minimum absolute atomic E-state index is 0.156. The van der Waals surface area contributed by atoms with Crippen LogP contribution in [0.15, 0.2) is 18.2 Å². The maximum absolute atomic E-state index is 13.2. The maximum Gasteiger partial charge on any atom is 0.180 e. The van der Waals surface area contributed by atoms with Gasteiger partial charge in [0.05, 0.1) is 5.69 Å². The summed E-state index contributed by atoms with van der Waals surface area (Å²) < 4.78 is 13.2. The third-order valence-corrected chi connectivity index (χ3v) is 3.80. The zero-order valence-corrected chi connectivity index (χ0v) is 11.5. The first-order valence-corrected chi connectivity index (χ1v) is 6.91. The van der Waals surface area contributed by atoms with Gasteiger partial charge >= 0.3 is 0 Å². The molecule has 96 valence electrons. The standard InChI is InChI=1S/C14H17FN2S/c1-3-4-12-13(18-14(16)17-12)8-10-5-6-11(15)9(2)7-10/h5-7H,3-4,8H2,1-2H3,(H2,16,17). The van der Waals surface area contributed by atoms with Gasteiger partial charge in [-0.05, 0) is 30.5 Å². The van der Waals surface area contributed by atoms with Crippen molar-refractivity contribution in [3.63, 3.8) is 0 Å². The summed E-state index contributed by atoms with van der Waals surface area (Å²) in [5, 5.41) is 0.618. The Bertz CT molecular complexity index is 549. The van der Waals surface area contributed by atoms with Gasteiger partial charge in [0.2, 0.25) is 0 Å². The summed E-state index contributed by atoms with van der Waals surface area (Å²) in [6.07, 6.45) is 2.78. The maximum atomic E-state index is 13.2. The van der Waals surface area contributed by atoms with Crippen LogP contribution < -0.4 is 5.73 Å². The summed E-state index contributed by atoms with van der Waals surface area (Å²) in [7, 11) is 0. The van der Waals surface area contributed by atoms with Gasteiger partial charge in [-0.2, -0.15) is 0 Å². The van der Waals surface area contributed by atoms with Crippen LogP contribution in [0.1, 0.15) is 35.0 Å². The van der Waals surface area contributed by atoms with Crippen molar-refractivity contribution in [2.75, 3.05) is 5.73 Å². The Morgan fingerprint density at radius 2 is 2.17 bits per heavy atom. The molecule has 0 bridgehead atoms. The van der Waals surface area contributed by atoms with E-state index in [-0.39, 0.29) is 5.82 Å². The molecule has 0 aliphatic rings. The second kappa shape index (κ2) is 5.48. The molecule has 0 fully saturated rings. The molecule has 2 nitrogen and oxygen atoms in total. The molecule has 0 aliphatic carbocycles. The van der Waals surface area contributed by atoms with E-state index in [1.54, 1.807) is 6.92 Å². The molecular weight excluding hydrogens is 247 g/mol. The summed E-state index contributed by atoms with van der Waals surface area (Å²) in [4.78, 5) is 5.55. The highest BCUT2D eigenvalue weighted by molar-refractivity contribution is 7.15. The van der Waals surface area contributed by atoms with Gasteiger partial charge in [0, 0.05) is 11.3 Å². The summed E-state index contributed by atoms with van der Waals surface area (Å²) in [5.74, 6) is -0.156. The summed E-state index contributed by atoms with van der Waals surface area (Å²) >= 11 is 1.53. The van der Waals surface area contributed by atoms with E-state index in [1.165, 1.54) is 22.3 Å². The van der Waals surface area contributed by atoms with Crippen LogP contribution in [0.2, 0.25) is 0 Å². The molecule has 2 aromatic rings. The van der Waals surface area contributed by atoms with Crippen molar-refractivity contribution in [2.24, 2.45) is 0 Å². The summed E-state index contributed by atoms with van der Waals surface area (Å²) in [6.45, 7) is 3.91. The monoisotopic (exact) mass is 264 g/mol.